The zero-order valence-corrected chi connectivity index (χ0v) is 12.2. The largest absolute Gasteiger partial charge is 0.389 e. The van der Waals surface area contributed by atoms with Crippen LogP contribution in [0.3, 0.4) is 0 Å². The highest BCUT2D eigenvalue weighted by Crippen LogP contribution is 2.26. The van der Waals surface area contributed by atoms with E-state index in [1.165, 1.54) is 12.8 Å². The van der Waals surface area contributed by atoms with Gasteiger partial charge in [-0.05, 0) is 40.9 Å². The first-order valence-electron chi connectivity index (χ1n) is 6.72. The first kappa shape index (κ1) is 14.0. The summed E-state index contributed by atoms with van der Waals surface area (Å²) in [6.07, 6.45) is 8.47. The average Bonchev–Trinajstić information content (AvgIpc) is 2.57. The molecule has 0 spiro atoms. The van der Waals surface area contributed by atoms with E-state index in [1.54, 1.807) is 6.20 Å². The topological polar surface area (TPSA) is 45.1 Å². The molecule has 1 aromatic heterocycles. The zero-order chi connectivity index (χ0) is 12.8. The lowest BCUT2D eigenvalue weighted by Gasteiger charge is -2.26. The molecule has 3 nitrogen and oxygen atoms in total. The number of nitrogens with zero attached hydrogens (tertiary/aromatic N) is 1. The van der Waals surface area contributed by atoms with Crippen LogP contribution in [0, 0.1) is 0 Å². The van der Waals surface area contributed by atoms with Gasteiger partial charge in [-0.15, -0.1) is 0 Å². The molecule has 1 aromatic rings. The van der Waals surface area contributed by atoms with Crippen molar-refractivity contribution in [1.82, 2.24) is 10.3 Å². The van der Waals surface area contributed by atoms with Crippen molar-refractivity contribution in [3.8, 4) is 0 Å². The summed E-state index contributed by atoms with van der Waals surface area (Å²) in [5.74, 6) is 0. The van der Waals surface area contributed by atoms with E-state index in [-0.39, 0.29) is 0 Å². The van der Waals surface area contributed by atoms with Crippen LogP contribution < -0.4 is 5.32 Å². The second-order valence-corrected chi connectivity index (χ2v) is 6.13. The van der Waals surface area contributed by atoms with E-state index >= 15 is 0 Å². The van der Waals surface area contributed by atoms with Crippen LogP contribution in [0.4, 0.5) is 0 Å². The number of aliphatic hydroxyl groups is 1. The van der Waals surface area contributed by atoms with Crippen molar-refractivity contribution in [2.24, 2.45) is 0 Å². The Morgan fingerprint density at radius 3 is 2.56 bits per heavy atom. The summed E-state index contributed by atoms with van der Waals surface area (Å²) in [5, 5.41) is 13.8. The fraction of sp³-hybridized carbons (Fsp3) is 0.643. The number of hydrogen-bond acceptors (Lipinski definition) is 3. The number of halogens is 1. The van der Waals surface area contributed by atoms with Crippen LogP contribution in [-0.4, -0.2) is 22.2 Å². The molecular weight excluding hydrogens is 292 g/mol. The van der Waals surface area contributed by atoms with Gasteiger partial charge in [0.15, 0.2) is 0 Å². The van der Waals surface area contributed by atoms with E-state index in [2.05, 4.69) is 26.2 Å². The van der Waals surface area contributed by atoms with Gasteiger partial charge in [0, 0.05) is 23.8 Å². The molecule has 2 N–H and O–H groups in total. The maximum atomic E-state index is 10.5. The second-order valence-electron chi connectivity index (χ2n) is 5.21. The third-order valence-electron chi connectivity index (χ3n) is 3.58. The van der Waals surface area contributed by atoms with Gasteiger partial charge in [-0.3, -0.25) is 4.98 Å². The van der Waals surface area contributed by atoms with E-state index in [0.29, 0.717) is 6.54 Å². The van der Waals surface area contributed by atoms with Crippen LogP contribution in [0.25, 0.3) is 0 Å². The number of nitrogens with one attached hydrogen (secondary N) is 1. The Hall–Kier alpha value is -0.450. The number of pyridine rings is 1. The maximum Gasteiger partial charge on any atom is 0.0771 e. The number of hydrogen-bond donors (Lipinski definition) is 2. The molecule has 1 saturated carbocycles. The minimum Gasteiger partial charge on any atom is -0.389 e. The van der Waals surface area contributed by atoms with Crippen LogP contribution in [0.15, 0.2) is 22.8 Å². The standard InChI is InChI=1S/C14H21BrN2O/c15-12-5-6-13(17-9-12)10-16-11-14(18)7-3-1-2-4-8-14/h5-6,9,16,18H,1-4,7-8,10-11H2. The molecule has 18 heavy (non-hydrogen) atoms. The highest BCUT2D eigenvalue weighted by atomic mass is 79.9. The Bertz CT molecular complexity index is 359. The first-order valence-corrected chi connectivity index (χ1v) is 7.51. The summed E-state index contributed by atoms with van der Waals surface area (Å²) < 4.78 is 0.994. The zero-order valence-electron chi connectivity index (χ0n) is 10.7. The third kappa shape index (κ3) is 4.34. The second kappa shape index (κ2) is 6.64. The lowest BCUT2D eigenvalue weighted by atomic mass is 9.94. The van der Waals surface area contributed by atoms with Crippen LogP contribution in [0.1, 0.15) is 44.2 Å². The predicted molar refractivity (Wildman–Crippen MR) is 76.3 cm³/mol. The van der Waals surface area contributed by atoms with E-state index in [4.69, 9.17) is 0 Å². The van der Waals surface area contributed by atoms with Gasteiger partial charge in [0.1, 0.15) is 0 Å². The van der Waals surface area contributed by atoms with Gasteiger partial charge in [0.25, 0.3) is 0 Å². The lowest BCUT2D eigenvalue weighted by Crippen LogP contribution is -2.40. The summed E-state index contributed by atoms with van der Waals surface area (Å²) >= 11 is 3.37. The summed E-state index contributed by atoms with van der Waals surface area (Å²) in [6.45, 7) is 1.39. The Morgan fingerprint density at radius 1 is 1.22 bits per heavy atom. The first-order chi connectivity index (χ1) is 8.68. The van der Waals surface area contributed by atoms with Crippen molar-refractivity contribution in [3.63, 3.8) is 0 Å². The van der Waals surface area contributed by atoms with Gasteiger partial charge < -0.3 is 10.4 Å². The molecule has 0 amide bonds. The Labute approximate surface area is 117 Å². The summed E-state index contributed by atoms with van der Waals surface area (Å²) in [7, 11) is 0. The molecule has 1 heterocycles. The van der Waals surface area contributed by atoms with Gasteiger partial charge in [-0.25, -0.2) is 0 Å². The quantitative estimate of drug-likeness (QED) is 0.840. The minimum absolute atomic E-state index is 0.508. The molecule has 2 rings (SSSR count). The van der Waals surface area contributed by atoms with Crippen molar-refractivity contribution in [3.05, 3.63) is 28.5 Å². The minimum atomic E-state index is -0.508. The van der Waals surface area contributed by atoms with Crippen LogP contribution in [-0.2, 0) is 6.54 Å². The average molecular weight is 313 g/mol. The molecule has 0 radical (unpaired) electrons. The molecule has 0 aromatic carbocycles. The summed E-state index contributed by atoms with van der Waals surface area (Å²) in [5.41, 5.74) is 0.502. The third-order valence-corrected chi connectivity index (χ3v) is 4.05. The van der Waals surface area contributed by atoms with Crippen molar-refractivity contribution >= 4 is 15.9 Å². The van der Waals surface area contributed by atoms with Crippen LogP contribution in [0.2, 0.25) is 0 Å². The number of aromatic nitrogens is 1. The van der Waals surface area contributed by atoms with Gasteiger partial charge in [0.2, 0.25) is 0 Å². The Morgan fingerprint density at radius 2 is 1.94 bits per heavy atom. The molecule has 0 bridgehead atoms. The smallest absolute Gasteiger partial charge is 0.0771 e. The SMILES string of the molecule is OC1(CNCc2ccc(Br)cn2)CCCCCC1. The lowest BCUT2D eigenvalue weighted by molar-refractivity contribution is 0.0250. The van der Waals surface area contributed by atoms with Crippen molar-refractivity contribution in [1.29, 1.82) is 0 Å². The van der Waals surface area contributed by atoms with Crippen LogP contribution in [0.5, 0.6) is 0 Å². The molecule has 0 aliphatic heterocycles. The van der Waals surface area contributed by atoms with E-state index in [0.717, 1.165) is 42.4 Å². The molecule has 0 atom stereocenters. The van der Waals surface area contributed by atoms with E-state index in [1.807, 2.05) is 12.1 Å². The van der Waals surface area contributed by atoms with E-state index in [9.17, 15) is 5.11 Å². The summed E-state index contributed by atoms with van der Waals surface area (Å²) in [6, 6.07) is 3.98. The van der Waals surface area contributed by atoms with Crippen molar-refractivity contribution in [2.75, 3.05) is 6.54 Å². The van der Waals surface area contributed by atoms with E-state index < -0.39 is 5.60 Å². The van der Waals surface area contributed by atoms with Gasteiger partial charge in [-0.1, -0.05) is 25.7 Å². The molecule has 4 heteroatoms. The highest BCUT2D eigenvalue weighted by molar-refractivity contribution is 9.10. The fourth-order valence-corrected chi connectivity index (χ4v) is 2.73. The van der Waals surface area contributed by atoms with Crippen LogP contribution >= 0.6 is 15.9 Å². The van der Waals surface area contributed by atoms with Gasteiger partial charge in [0.05, 0.1) is 11.3 Å². The highest BCUT2D eigenvalue weighted by Gasteiger charge is 2.27. The number of rotatable bonds is 4. The molecule has 1 aliphatic rings. The normalized spacial score (nSPS) is 19.4. The molecule has 1 aliphatic carbocycles. The Balaban J connectivity index is 1.78. The fourth-order valence-electron chi connectivity index (χ4n) is 2.50. The monoisotopic (exact) mass is 312 g/mol. The predicted octanol–water partition coefficient (Wildman–Crippen LogP) is 3.02. The summed E-state index contributed by atoms with van der Waals surface area (Å²) in [4.78, 5) is 4.31. The van der Waals surface area contributed by atoms with Gasteiger partial charge >= 0.3 is 0 Å². The van der Waals surface area contributed by atoms with Crippen molar-refractivity contribution < 1.29 is 5.11 Å². The van der Waals surface area contributed by atoms with Gasteiger partial charge in [-0.2, -0.15) is 0 Å². The van der Waals surface area contributed by atoms with Crippen molar-refractivity contribution in [2.45, 2.75) is 50.7 Å². The Kier molecular flexibility index (Phi) is 5.15. The molecule has 1 fully saturated rings. The molecule has 0 unspecified atom stereocenters. The molecule has 100 valence electrons. The maximum absolute atomic E-state index is 10.5. The molecular formula is C14H21BrN2O. The molecule has 0 saturated heterocycles.